The predicted molar refractivity (Wildman–Crippen MR) is 90.0 cm³/mol. The molecular weight excluding hydrogens is 384 g/mol. The maximum absolute atomic E-state index is 13.0. The van der Waals surface area contributed by atoms with Crippen molar-refractivity contribution in [2.75, 3.05) is 25.0 Å². The van der Waals surface area contributed by atoms with E-state index in [4.69, 9.17) is 4.74 Å². The smallest absolute Gasteiger partial charge is 0.262 e. The highest BCUT2D eigenvalue weighted by Crippen LogP contribution is 2.38. The van der Waals surface area contributed by atoms with Gasteiger partial charge in [-0.15, -0.1) is 0 Å². The molecule has 0 aromatic heterocycles. The number of halogens is 1. The number of nitrogens with zero attached hydrogens (tertiary/aromatic N) is 1. The quantitative estimate of drug-likeness (QED) is 0.793. The number of sulfonamides is 1. The molecule has 3 rings (SSSR count). The highest BCUT2D eigenvalue weighted by Gasteiger charge is 2.33. The molecule has 1 fully saturated rings. The second-order valence-corrected chi connectivity index (χ2v) is 8.68. The molecule has 0 radical (unpaired) electrons. The van der Waals surface area contributed by atoms with Crippen LogP contribution in [0.5, 0.6) is 5.75 Å². The normalized spacial score (nSPS) is 17.6. The third-order valence-electron chi connectivity index (χ3n) is 3.92. The van der Waals surface area contributed by atoms with Crippen molar-refractivity contribution in [3.8, 4) is 5.75 Å². The van der Waals surface area contributed by atoms with Gasteiger partial charge in [0.15, 0.2) is 6.61 Å². The van der Waals surface area contributed by atoms with Crippen LogP contribution in [0.15, 0.2) is 21.5 Å². The maximum atomic E-state index is 13.0. The second kappa shape index (κ2) is 6.41. The number of rotatable bonds is 6. The van der Waals surface area contributed by atoms with E-state index in [0.29, 0.717) is 34.9 Å². The van der Waals surface area contributed by atoms with Gasteiger partial charge in [-0.1, -0.05) is 6.92 Å². The van der Waals surface area contributed by atoms with Gasteiger partial charge in [-0.2, -0.15) is 4.31 Å². The molecule has 0 spiro atoms. The number of amides is 1. The van der Waals surface area contributed by atoms with Crippen molar-refractivity contribution >= 4 is 37.5 Å². The summed E-state index contributed by atoms with van der Waals surface area (Å²) in [5.41, 5.74) is 0.483. The van der Waals surface area contributed by atoms with E-state index < -0.39 is 10.0 Å². The summed E-state index contributed by atoms with van der Waals surface area (Å²) in [7, 11) is -3.60. The van der Waals surface area contributed by atoms with Crippen LogP contribution in [-0.2, 0) is 14.8 Å². The van der Waals surface area contributed by atoms with Crippen LogP contribution < -0.4 is 10.1 Å². The number of carbonyl (C=O) groups is 1. The van der Waals surface area contributed by atoms with Crippen LogP contribution in [0, 0.1) is 5.92 Å². The Hall–Kier alpha value is -1.12. The Labute approximate surface area is 144 Å². The van der Waals surface area contributed by atoms with Gasteiger partial charge in [0, 0.05) is 23.6 Å². The lowest BCUT2D eigenvalue weighted by Gasteiger charge is -2.24. The van der Waals surface area contributed by atoms with Crippen molar-refractivity contribution in [1.29, 1.82) is 0 Å². The number of hydrogen-bond acceptors (Lipinski definition) is 4. The zero-order chi connectivity index (χ0) is 16.6. The third kappa shape index (κ3) is 3.54. The molecule has 6 nitrogen and oxygen atoms in total. The first kappa shape index (κ1) is 16.7. The molecule has 0 saturated heterocycles. The summed E-state index contributed by atoms with van der Waals surface area (Å²) in [5, 5.41) is 2.67. The van der Waals surface area contributed by atoms with Gasteiger partial charge in [0.2, 0.25) is 10.0 Å². The lowest BCUT2D eigenvalue weighted by atomic mass is 10.2. The number of carbonyl (C=O) groups excluding carboxylic acids is 1. The molecule has 8 heteroatoms. The average molecular weight is 403 g/mol. The minimum atomic E-state index is -3.60. The monoisotopic (exact) mass is 402 g/mol. The Balaban J connectivity index is 1.96. The van der Waals surface area contributed by atoms with E-state index in [1.54, 1.807) is 10.4 Å². The lowest BCUT2D eigenvalue weighted by molar-refractivity contribution is -0.118. The van der Waals surface area contributed by atoms with Gasteiger partial charge < -0.3 is 10.1 Å². The molecule has 1 aromatic rings. The third-order valence-corrected chi connectivity index (χ3v) is 6.74. The zero-order valence-electron chi connectivity index (χ0n) is 12.8. The Morgan fingerprint density at radius 1 is 1.39 bits per heavy atom. The Morgan fingerprint density at radius 2 is 2.13 bits per heavy atom. The molecule has 1 N–H and O–H groups in total. The summed E-state index contributed by atoms with van der Waals surface area (Å²) in [6, 6.07) is 3.07. The number of benzene rings is 1. The first-order chi connectivity index (χ1) is 10.9. The van der Waals surface area contributed by atoms with E-state index in [2.05, 4.69) is 21.2 Å². The topological polar surface area (TPSA) is 75.7 Å². The summed E-state index contributed by atoms with van der Waals surface area (Å²) < 4.78 is 33.3. The maximum Gasteiger partial charge on any atom is 0.262 e. The summed E-state index contributed by atoms with van der Waals surface area (Å²) >= 11 is 3.32. The average Bonchev–Trinajstić information content (AvgIpc) is 3.29. The lowest BCUT2D eigenvalue weighted by Crippen LogP contribution is -2.34. The fraction of sp³-hybridized carbons (Fsp3) is 0.533. The molecule has 0 bridgehead atoms. The van der Waals surface area contributed by atoms with Gasteiger partial charge in [-0.25, -0.2) is 8.42 Å². The van der Waals surface area contributed by atoms with Crippen LogP contribution >= 0.6 is 15.9 Å². The van der Waals surface area contributed by atoms with Crippen LogP contribution in [0.1, 0.15) is 26.2 Å². The Kier molecular flexibility index (Phi) is 4.66. The SMILES string of the molecule is CCCN(CC1CC1)S(=O)(=O)c1cc2c(cc1Br)NC(=O)CO2. The van der Waals surface area contributed by atoms with Crippen LogP contribution in [-0.4, -0.2) is 38.3 Å². The van der Waals surface area contributed by atoms with Gasteiger partial charge >= 0.3 is 0 Å². The first-order valence-corrected chi connectivity index (χ1v) is 9.91. The van der Waals surface area contributed by atoms with Crippen molar-refractivity contribution < 1.29 is 17.9 Å². The van der Waals surface area contributed by atoms with E-state index in [-0.39, 0.29) is 17.4 Å². The molecule has 1 heterocycles. The van der Waals surface area contributed by atoms with Crippen LogP contribution in [0.4, 0.5) is 5.69 Å². The molecule has 2 aliphatic rings. The summed E-state index contributed by atoms with van der Waals surface area (Å²) in [5.74, 6) is 0.610. The summed E-state index contributed by atoms with van der Waals surface area (Å²) in [6.45, 7) is 2.93. The molecule has 126 valence electrons. The van der Waals surface area contributed by atoms with Crippen molar-refractivity contribution in [1.82, 2.24) is 4.31 Å². The van der Waals surface area contributed by atoms with Gasteiger partial charge in [0.25, 0.3) is 5.91 Å². The molecule has 0 atom stereocenters. The molecule has 23 heavy (non-hydrogen) atoms. The standard InChI is InChI=1S/C15H19BrN2O4S/c1-2-5-18(8-10-3-4-10)23(20,21)14-7-13-12(6-11(14)16)17-15(19)9-22-13/h6-7,10H,2-5,8-9H2,1H3,(H,17,19). The highest BCUT2D eigenvalue weighted by atomic mass is 79.9. The Bertz CT molecular complexity index is 731. The number of ether oxygens (including phenoxy) is 1. The van der Waals surface area contributed by atoms with E-state index in [1.165, 1.54) is 6.07 Å². The van der Waals surface area contributed by atoms with E-state index in [1.807, 2.05) is 6.92 Å². The number of anilines is 1. The number of hydrogen-bond donors (Lipinski definition) is 1. The van der Waals surface area contributed by atoms with Gasteiger partial charge in [0.05, 0.1) is 5.69 Å². The molecule has 1 aliphatic carbocycles. The minimum Gasteiger partial charge on any atom is -0.482 e. The fourth-order valence-electron chi connectivity index (χ4n) is 2.57. The summed E-state index contributed by atoms with van der Waals surface area (Å²) in [4.78, 5) is 11.5. The Morgan fingerprint density at radius 3 is 2.78 bits per heavy atom. The van der Waals surface area contributed by atoms with Gasteiger partial charge in [-0.05, 0) is 47.2 Å². The zero-order valence-corrected chi connectivity index (χ0v) is 15.2. The second-order valence-electron chi connectivity index (χ2n) is 5.92. The fourth-order valence-corrected chi connectivity index (χ4v) is 5.19. The van der Waals surface area contributed by atoms with Crippen LogP contribution in [0.2, 0.25) is 0 Å². The van der Waals surface area contributed by atoms with Gasteiger partial charge in [-0.3, -0.25) is 4.79 Å². The van der Waals surface area contributed by atoms with Crippen molar-refractivity contribution in [3.05, 3.63) is 16.6 Å². The van der Waals surface area contributed by atoms with Crippen molar-refractivity contribution in [3.63, 3.8) is 0 Å². The van der Waals surface area contributed by atoms with Crippen molar-refractivity contribution in [2.24, 2.45) is 5.92 Å². The first-order valence-electron chi connectivity index (χ1n) is 7.68. The number of nitrogens with one attached hydrogen (secondary N) is 1. The highest BCUT2D eigenvalue weighted by molar-refractivity contribution is 9.10. The largest absolute Gasteiger partial charge is 0.482 e. The van der Waals surface area contributed by atoms with E-state index in [0.717, 1.165) is 19.3 Å². The van der Waals surface area contributed by atoms with Crippen molar-refractivity contribution in [2.45, 2.75) is 31.1 Å². The molecular formula is C15H19BrN2O4S. The van der Waals surface area contributed by atoms with Crippen LogP contribution in [0.3, 0.4) is 0 Å². The van der Waals surface area contributed by atoms with E-state index in [9.17, 15) is 13.2 Å². The minimum absolute atomic E-state index is 0.102. The van der Waals surface area contributed by atoms with Gasteiger partial charge in [0.1, 0.15) is 10.6 Å². The van der Waals surface area contributed by atoms with Crippen LogP contribution in [0.25, 0.3) is 0 Å². The predicted octanol–water partition coefficient (Wildman–Crippen LogP) is 2.59. The molecule has 1 saturated carbocycles. The molecule has 1 aromatic carbocycles. The summed E-state index contributed by atoms with van der Waals surface area (Å²) in [6.07, 6.45) is 2.95. The van der Waals surface area contributed by atoms with E-state index >= 15 is 0 Å². The molecule has 1 aliphatic heterocycles. The number of fused-ring (bicyclic) bond motifs is 1. The molecule has 1 amide bonds. The molecule has 0 unspecified atom stereocenters.